The monoisotopic (exact) mass is 431 g/mol. The van der Waals surface area contributed by atoms with E-state index >= 15 is 0 Å². The number of furan rings is 1. The van der Waals surface area contributed by atoms with Crippen molar-refractivity contribution in [2.24, 2.45) is 0 Å². The Balaban J connectivity index is 1.40. The highest BCUT2D eigenvalue weighted by Gasteiger charge is 2.18. The summed E-state index contributed by atoms with van der Waals surface area (Å²) in [5.41, 5.74) is 1.22. The first-order valence-electron chi connectivity index (χ1n) is 8.69. The maximum absolute atomic E-state index is 12.5. The lowest BCUT2D eigenvalue weighted by Gasteiger charge is -2.20. The Hall–Kier alpha value is -2.98. The molecule has 4 rings (SSSR count). The number of nitrogens with zero attached hydrogens (tertiary/aromatic N) is 1. The predicted octanol–water partition coefficient (Wildman–Crippen LogP) is 3.66. The maximum Gasteiger partial charge on any atom is 0.293 e. The summed E-state index contributed by atoms with van der Waals surface area (Å²) >= 11 is 2.75. The molecule has 2 amide bonds. The molecular formula is C19H17N3O5S2. The number of fused-ring (bicyclic) bond motifs is 1. The van der Waals surface area contributed by atoms with E-state index in [9.17, 15) is 9.59 Å². The van der Waals surface area contributed by atoms with E-state index in [0.29, 0.717) is 41.2 Å². The van der Waals surface area contributed by atoms with E-state index in [1.807, 2.05) is 12.3 Å². The number of amides is 2. The zero-order chi connectivity index (χ0) is 20.2. The van der Waals surface area contributed by atoms with Crippen LogP contribution in [0.15, 0.2) is 45.2 Å². The van der Waals surface area contributed by atoms with Gasteiger partial charge in [0.25, 0.3) is 5.91 Å². The molecule has 2 aromatic heterocycles. The Morgan fingerprint density at radius 3 is 2.72 bits per heavy atom. The van der Waals surface area contributed by atoms with Gasteiger partial charge in [0.2, 0.25) is 5.91 Å². The van der Waals surface area contributed by atoms with Crippen LogP contribution in [0.5, 0.6) is 11.5 Å². The van der Waals surface area contributed by atoms with Crippen LogP contribution in [0.1, 0.15) is 16.2 Å². The molecule has 0 bridgehead atoms. The van der Waals surface area contributed by atoms with Gasteiger partial charge in [-0.2, -0.15) is 0 Å². The molecule has 0 saturated heterocycles. The number of rotatable bonds is 6. The maximum atomic E-state index is 12.5. The molecule has 3 aromatic rings. The van der Waals surface area contributed by atoms with Crippen molar-refractivity contribution in [1.82, 2.24) is 4.98 Å². The van der Waals surface area contributed by atoms with Crippen molar-refractivity contribution in [3.63, 3.8) is 0 Å². The van der Waals surface area contributed by atoms with Crippen LogP contribution in [0.25, 0.3) is 0 Å². The van der Waals surface area contributed by atoms with Gasteiger partial charge in [0.05, 0.1) is 24.1 Å². The topological polar surface area (TPSA) is 103 Å². The minimum absolute atomic E-state index is 0.0788. The Kier molecular flexibility index (Phi) is 5.72. The van der Waals surface area contributed by atoms with Crippen LogP contribution in [0.3, 0.4) is 0 Å². The molecule has 150 valence electrons. The van der Waals surface area contributed by atoms with Crippen LogP contribution in [-0.4, -0.2) is 36.3 Å². The third-order valence-corrected chi connectivity index (χ3v) is 5.58. The minimum Gasteiger partial charge on any atom is -0.486 e. The fourth-order valence-corrected chi connectivity index (χ4v) is 3.97. The van der Waals surface area contributed by atoms with Crippen molar-refractivity contribution in [3.8, 4) is 11.5 Å². The van der Waals surface area contributed by atoms with E-state index in [-0.39, 0.29) is 24.0 Å². The number of thioether (sulfide) groups is 1. The van der Waals surface area contributed by atoms with Crippen molar-refractivity contribution in [3.05, 3.63) is 47.4 Å². The highest BCUT2D eigenvalue weighted by molar-refractivity contribution is 7.98. The second-order valence-electron chi connectivity index (χ2n) is 6.00. The number of benzene rings is 1. The zero-order valence-electron chi connectivity index (χ0n) is 15.4. The first-order valence-corrected chi connectivity index (χ1v) is 10.8. The van der Waals surface area contributed by atoms with Gasteiger partial charge in [-0.15, -0.1) is 23.1 Å². The number of nitrogens with one attached hydrogen (secondary N) is 2. The lowest BCUT2D eigenvalue weighted by atomic mass is 10.2. The summed E-state index contributed by atoms with van der Waals surface area (Å²) in [6, 6.07) is 6.83. The van der Waals surface area contributed by atoms with E-state index in [2.05, 4.69) is 15.6 Å². The number of hydrogen-bond acceptors (Lipinski definition) is 8. The molecule has 0 atom stereocenters. The van der Waals surface area contributed by atoms with Gasteiger partial charge in [0.15, 0.2) is 22.4 Å². The molecule has 0 fully saturated rings. The van der Waals surface area contributed by atoms with Gasteiger partial charge in [-0.05, 0) is 24.5 Å². The average molecular weight is 431 g/mol. The second-order valence-corrected chi connectivity index (χ2v) is 7.70. The zero-order valence-corrected chi connectivity index (χ0v) is 17.0. The third-order valence-electron chi connectivity index (χ3n) is 4.00. The summed E-state index contributed by atoms with van der Waals surface area (Å²) in [7, 11) is 0. The van der Waals surface area contributed by atoms with Crippen molar-refractivity contribution in [1.29, 1.82) is 0 Å². The number of carbonyl (C=O) groups excluding carboxylic acids is 2. The number of carbonyl (C=O) groups is 2. The van der Waals surface area contributed by atoms with Gasteiger partial charge in [0.1, 0.15) is 13.2 Å². The lowest BCUT2D eigenvalue weighted by Crippen LogP contribution is -2.18. The molecule has 0 spiro atoms. The predicted molar refractivity (Wildman–Crippen MR) is 110 cm³/mol. The molecule has 29 heavy (non-hydrogen) atoms. The normalized spacial score (nSPS) is 12.4. The van der Waals surface area contributed by atoms with Crippen LogP contribution >= 0.6 is 23.1 Å². The standard InChI is InChI=1S/C19H17N3O5S2/c1-28-16-9-15-14(26-5-6-27-15)8-12(16)21-17(23)7-11-10-29-19(20-11)22-18(24)13-3-2-4-25-13/h2-4,8-10H,5-7H2,1H3,(H,21,23)(H,20,22,24). The van der Waals surface area contributed by atoms with Crippen molar-refractivity contribution in [2.75, 3.05) is 30.1 Å². The average Bonchev–Trinajstić information content (AvgIpc) is 3.39. The molecule has 1 aliphatic heterocycles. The molecule has 0 saturated carbocycles. The van der Waals surface area contributed by atoms with E-state index in [1.165, 1.54) is 29.4 Å². The fraction of sp³-hybridized carbons (Fsp3) is 0.211. The fourth-order valence-electron chi connectivity index (χ4n) is 2.71. The summed E-state index contributed by atoms with van der Waals surface area (Å²) in [5.74, 6) is 0.881. The molecule has 8 nitrogen and oxygen atoms in total. The summed E-state index contributed by atoms with van der Waals surface area (Å²) in [5, 5.41) is 7.68. The molecule has 0 aliphatic carbocycles. The molecule has 10 heteroatoms. The van der Waals surface area contributed by atoms with Crippen molar-refractivity contribution < 1.29 is 23.5 Å². The molecule has 2 N–H and O–H groups in total. The van der Waals surface area contributed by atoms with Gasteiger partial charge >= 0.3 is 0 Å². The number of anilines is 2. The van der Waals surface area contributed by atoms with E-state index < -0.39 is 0 Å². The molecule has 3 heterocycles. The molecule has 1 aliphatic rings. The lowest BCUT2D eigenvalue weighted by molar-refractivity contribution is -0.115. The summed E-state index contributed by atoms with van der Waals surface area (Å²) in [6.45, 7) is 0.986. The quantitative estimate of drug-likeness (QED) is 0.574. The van der Waals surface area contributed by atoms with Gasteiger partial charge in [-0.1, -0.05) is 0 Å². The number of ether oxygens (including phenoxy) is 2. The Morgan fingerprint density at radius 2 is 2.00 bits per heavy atom. The summed E-state index contributed by atoms with van der Waals surface area (Å²) in [6.07, 6.45) is 3.43. The van der Waals surface area contributed by atoms with Gasteiger partial charge in [-0.25, -0.2) is 4.98 Å². The third kappa shape index (κ3) is 4.54. The van der Waals surface area contributed by atoms with Gasteiger partial charge in [0, 0.05) is 16.3 Å². The van der Waals surface area contributed by atoms with Gasteiger partial charge in [-0.3, -0.25) is 14.9 Å². The Morgan fingerprint density at radius 1 is 1.21 bits per heavy atom. The van der Waals surface area contributed by atoms with Crippen LogP contribution in [0.2, 0.25) is 0 Å². The van der Waals surface area contributed by atoms with Crippen LogP contribution in [0.4, 0.5) is 10.8 Å². The van der Waals surface area contributed by atoms with E-state index in [4.69, 9.17) is 13.9 Å². The van der Waals surface area contributed by atoms with Crippen molar-refractivity contribution >= 4 is 45.7 Å². The molecule has 1 aromatic carbocycles. The summed E-state index contributed by atoms with van der Waals surface area (Å²) < 4.78 is 16.2. The first kappa shape index (κ1) is 19.3. The minimum atomic E-state index is -0.388. The summed E-state index contributed by atoms with van der Waals surface area (Å²) in [4.78, 5) is 29.7. The molecule has 0 radical (unpaired) electrons. The largest absolute Gasteiger partial charge is 0.486 e. The highest BCUT2D eigenvalue weighted by Crippen LogP contribution is 2.39. The molecule has 0 unspecified atom stereocenters. The SMILES string of the molecule is CSc1cc2c(cc1NC(=O)Cc1csc(NC(=O)c3ccco3)n1)OCCO2. The number of hydrogen-bond donors (Lipinski definition) is 2. The molecular weight excluding hydrogens is 414 g/mol. The smallest absolute Gasteiger partial charge is 0.293 e. The van der Waals surface area contributed by atoms with Gasteiger partial charge < -0.3 is 19.2 Å². The van der Waals surface area contributed by atoms with Crippen LogP contribution in [-0.2, 0) is 11.2 Å². The van der Waals surface area contributed by atoms with Crippen LogP contribution in [0, 0.1) is 0 Å². The van der Waals surface area contributed by atoms with Crippen molar-refractivity contribution in [2.45, 2.75) is 11.3 Å². The first-order chi connectivity index (χ1) is 14.1. The Labute approximate surface area is 174 Å². The van der Waals surface area contributed by atoms with E-state index in [1.54, 1.807) is 23.6 Å². The Bertz CT molecular complexity index is 1030. The van der Waals surface area contributed by atoms with E-state index in [0.717, 1.165) is 4.90 Å². The second kappa shape index (κ2) is 8.58. The van der Waals surface area contributed by atoms with Crippen LogP contribution < -0.4 is 20.1 Å². The highest BCUT2D eigenvalue weighted by atomic mass is 32.2. The number of thiazole rings is 1. The number of aromatic nitrogens is 1.